The largest absolute Gasteiger partial charge is 0.316 e. The first-order valence-corrected chi connectivity index (χ1v) is 7.67. The number of nitrogens with zero attached hydrogens (tertiary/aromatic N) is 1. The monoisotopic (exact) mass is 274 g/mol. The molecule has 1 atom stereocenters. The Morgan fingerprint density at radius 1 is 1.42 bits per heavy atom. The summed E-state index contributed by atoms with van der Waals surface area (Å²) in [6.07, 6.45) is 4.17. The maximum Gasteiger partial charge on any atom is 0.0947 e. The number of hydrogen-bond donors (Lipinski definition) is 1. The van der Waals surface area contributed by atoms with E-state index in [9.17, 15) is 0 Å². The van der Waals surface area contributed by atoms with Crippen molar-refractivity contribution in [2.45, 2.75) is 26.7 Å². The van der Waals surface area contributed by atoms with Crippen LogP contribution in [-0.2, 0) is 6.42 Å². The Kier molecular flexibility index (Phi) is 4.72. The van der Waals surface area contributed by atoms with Crippen molar-refractivity contribution in [2.75, 3.05) is 13.1 Å². The molecule has 102 valence electrons. The second-order valence-corrected chi connectivity index (χ2v) is 6.40. The zero-order valence-electron chi connectivity index (χ0n) is 11.8. The summed E-state index contributed by atoms with van der Waals surface area (Å²) in [5, 5.41) is 4.68. The zero-order chi connectivity index (χ0) is 13.7. The summed E-state index contributed by atoms with van der Waals surface area (Å²) in [7, 11) is 0. The summed E-state index contributed by atoms with van der Waals surface area (Å²) in [6.45, 7) is 10.4. The van der Waals surface area contributed by atoms with Crippen molar-refractivity contribution in [3.05, 3.63) is 41.9 Å². The van der Waals surface area contributed by atoms with Crippen LogP contribution in [0.3, 0.4) is 0 Å². The van der Waals surface area contributed by atoms with Crippen molar-refractivity contribution in [1.82, 2.24) is 10.3 Å². The molecule has 0 saturated carbocycles. The summed E-state index contributed by atoms with van der Waals surface area (Å²) < 4.78 is 1.27. The molecule has 1 N–H and O–H groups in total. The van der Waals surface area contributed by atoms with E-state index < -0.39 is 0 Å². The Hall–Kier alpha value is -1.19. The van der Waals surface area contributed by atoms with Crippen LogP contribution in [0.25, 0.3) is 10.2 Å². The van der Waals surface area contributed by atoms with Gasteiger partial charge in [-0.05, 0) is 25.1 Å². The van der Waals surface area contributed by atoms with Gasteiger partial charge in [-0.25, -0.2) is 4.98 Å². The fraction of sp³-hybridized carbons (Fsp3) is 0.438. The van der Waals surface area contributed by atoms with Crippen LogP contribution in [0.1, 0.15) is 25.3 Å². The molecule has 1 aromatic heterocycles. The van der Waals surface area contributed by atoms with E-state index in [1.54, 1.807) is 11.3 Å². The third-order valence-corrected chi connectivity index (χ3v) is 4.38. The number of hydrogen-bond acceptors (Lipinski definition) is 3. The van der Waals surface area contributed by atoms with E-state index in [1.807, 2.05) is 6.07 Å². The van der Waals surface area contributed by atoms with Crippen LogP contribution < -0.4 is 5.32 Å². The van der Waals surface area contributed by atoms with E-state index >= 15 is 0 Å². The molecule has 1 unspecified atom stereocenters. The molecule has 0 aliphatic carbocycles. The van der Waals surface area contributed by atoms with E-state index in [1.165, 1.54) is 9.71 Å². The van der Waals surface area contributed by atoms with Crippen LogP contribution >= 0.6 is 11.3 Å². The maximum atomic E-state index is 4.72. The first kappa shape index (κ1) is 14.2. The highest BCUT2D eigenvalue weighted by atomic mass is 32.1. The molecule has 0 fully saturated rings. The molecule has 1 heterocycles. The molecule has 0 radical (unpaired) electrons. The molecular formula is C16H22N2S. The minimum atomic E-state index is 0.0725. The van der Waals surface area contributed by atoms with Gasteiger partial charge in [-0.1, -0.05) is 32.1 Å². The topological polar surface area (TPSA) is 24.9 Å². The molecule has 0 bridgehead atoms. The minimum absolute atomic E-state index is 0.0725. The normalized spacial score (nSPS) is 14.4. The Balaban J connectivity index is 2.10. The van der Waals surface area contributed by atoms with E-state index in [-0.39, 0.29) is 5.41 Å². The molecule has 2 aromatic rings. The van der Waals surface area contributed by atoms with E-state index in [0.29, 0.717) is 0 Å². The second-order valence-electron chi connectivity index (χ2n) is 5.29. The number of aromatic nitrogens is 1. The van der Waals surface area contributed by atoms with Gasteiger partial charge in [0.25, 0.3) is 0 Å². The summed E-state index contributed by atoms with van der Waals surface area (Å²) in [5.41, 5.74) is 1.18. The molecule has 0 aliphatic rings. The number of thiazole rings is 1. The van der Waals surface area contributed by atoms with Gasteiger partial charge >= 0.3 is 0 Å². The summed E-state index contributed by atoms with van der Waals surface area (Å²) >= 11 is 1.79. The number of benzene rings is 1. The predicted octanol–water partition coefficient (Wildman–Crippen LogP) is 4.03. The molecular weight excluding hydrogens is 252 g/mol. The van der Waals surface area contributed by atoms with E-state index in [0.717, 1.165) is 31.4 Å². The Bertz CT molecular complexity index is 513. The first-order chi connectivity index (χ1) is 9.17. The average Bonchev–Trinajstić information content (AvgIpc) is 2.81. The molecule has 2 nitrogen and oxygen atoms in total. The van der Waals surface area contributed by atoms with Crippen LogP contribution in [0, 0.1) is 5.41 Å². The standard InChI is InChI=1S/C16H22N2S/c1-4-10-17-12-16(3,5-2)11-15-18-13-8-6-7-9-14(13)19-15/h5-9,17H,2,4,10-12H2,1,3H3. The van der Waals surface area contributed by atoms with Gasteiger partial charge in [0.2, 0.25) is 0 Å². The van der Waals surface area contributed by atoms with E-state index in [4.69, 9.17) is 4.98 Å². The van der Waals surface area contributed by atoms with Crippen LogP contribution in [0.4, 0.5) is 0 Å². The zero-order valence-corrected chi connectivity index (χ0v) is 12.6. The highest BCUT2D eigenvalue weighted by Crippen LogP contribution is 2.29. The van der Waals surface area contributed by atoms with Crippen LogP contribution in [0.15, 0.2) is 36.9 Å². The smallest absolute Gasteiger partial charge is 0.0947 e. The third-order valence-electron chi connectivity index (χ3n) is 3.34. The lowest BCUT2D eigenvalue weighted by Crippen LogP contribution is -2.32. The van der Waals surface area contributed by atoms with Gasteiger partial charge in [0.1, 0.15) is 0 Å². The highest BCUT2D eigenvalue weighted by molar-refractivity contribution is 7.18. The average molecular weight is 274 g/mol. The summed E-state index contributed by atoms with van der Waals surface area (Å²) in [5.74, 6) is 0. The van der Waals surface area contributed by atoms with Gasteiger partial charge in [0.15, 0.2) is 0 Å². The fourth-order valence-electron chi connectivity index (χ4n) is 2.10. The molecule has 0 saturated heterocycles. The van der Waals surface area contributed by atoms with Crippen molar-refractivity contribution in [3.63, 3.8) is 0 Å². The molecule has 2 rings (SSSR count). The second kappa shape index (κ2) is 6.31. The Morgan fingerprint density at radius 3 is 2.89 bits per heavy atom. The van der Waals surface area contributed by atoms with E-state index in [2.05, 4.69) is 50.0 Å². The fourth-order valence-corrected chi connectivity index (χ4v) is 3.26. The number of para-hydroxylation sites is 1. The maximum absolute atomic E-state index is 4.72. The minimum Gasteiger partial charge on any atom is -0.316 e. The molecule has 0 amide bonds. The van der Waals surface area contributed by atoms with Crippen LogP contribution in [0.5, 0.6) is 0 Å². The summed E-state index contributed by atoms with van der Waals surface area (Å²) in [6, 6.07) is 8.33. The molecule has 0 aliphatic heterocycles. The third kappa shape index (κ3) is 3.64. The lowest BCUT2D eigenvalue weighted by molar-refractivity contribution is 0.391. The number of fused-ring (bicyclic) bond motifs is 1. The summed E-state index contributed by atoms with van der Waals surface area (Å²) in [4.78, 5) is 4.72. The van der Waals surface area contributed by atoms with Gasteiger partial charge in [-0.15, -0.1) is 17.9 Å². The van der Waals surface area contributed by atoms with Gasteiger partial charge in [-0.3, -0.25) is 0 Å². The van der Waals surface area contributed by atoms with Gasteiger partial charge in [-0.2, -0.15) is 0 Å². The van der Waals surface area contributed by atoms with Crippen LogP contribution in [-0.4, -0.2) is 18.1 Å². The Morgan fingerprint density at radius 2 is 2.21 bits per heavy atom. The lowest BCUT2D eigenvalue weighted by Gasteiger charge is -2.25. The van der Waals surface area contributed by atoms with Crippen LogP contribution in [0.2, 0.25) is 0 Å². The van der Waals surface area contributed by atoms with Crippen molar-refractivity contribution in [3.8, 4) is 0 Å². The number of rotatable bonds is 7. The predicted molar refractivity (Wildman–Crippen MR) is 84.8 cm³/mol. The molecule has 1 aromatic carbocycles. The van der Waals surface area contributed by atoms with Crippen molar-refractivity contribution in [1.29, 1.82) is 0 Å². The number of nitrogens with one attached hydrogen (secondary N) is 1. The van der Waals surface area contributed by atoms with Gasteiger partial charge in [0.05, 0.1) is 15.2 Å². The van der Waals surface area contributed by atoms with Crippen molar-refractivity contribution >= 4 is 21.6 Å². The molecule has 19 heavy (non-hydrogen) atoms. The molecule has 3 heteroatoms. The van der Waals surface area contributed by atoms with Gasteiger partial charge < -0.3 is 5.32 Å². The van der Waals surface area contributed by atoms with Crippen molar-refractivity contribution < 1.29 is 0 Å². The van der Waals surface area contributed by atoms with Gasteiger partial charge in [0, 0.05) is 18.4 Å². The molecule has 0 spiro atoms. The first-order valence-electron chi connectivity index (χ1n) is 6.85. The van der Waals surface area contributed by atoms with Crippen molar-refractivity contribution in [2.24, 2.45) is 5.41 Å². The highest BCUT2D eigenvalue weighted by Gasteiger charge is 2.22. The quantitative estimate of drug-likeness (QED) is 0.609. The Labute approximate surface area is 119 Å². The lowest BCUT2D eigenvalue weighted by atomic mass is 9.87. The SMILES string of the molecule is C=CC(C)(CNCCC)Cc1nc2ccccc2s1.